The van der Waals surface area contributed by atoms with E-state index in [-0.39, 0.29) is 17.2 Å². The molecule has 0 amide bonds. The molecule has 2 N–H and O–H groups in total. The van der Waals surface area contributed by atoms with Gasteiger partial charge in [0.15, 0.2) is 11.5 Å². The van der Waals surface area contributed by atoms with Crippen LogP contribution in [0.15, 0.2) is 18.2 Å². The smallest absolute Gasteiger partial charge is 0.328 e. The van der Waals surface area contributed by atoms with E-state index in [9.17, 15) is 9.90 Å². The third-order valence-corrected chi connectivity index (χ3v) is 2.08. The average molecular weight is 252 g/mol. The Morgan fingerprint density at radius 3 is 2.11 bits per heavy atom. The maximum absolute atomic E-state index is 10.5. The van der Waals surface area contributed by atoms with Crippen molar-refractivity contribution in [1.82, 2.24) is 0 Å². The summed E-state index contributed by atoms with van der Waals surface area (Å²) in [4.78, 5) is 10.5. The van der Waals surface area contributed by atoms with Gasteiger partial charge < -0.3 is 19.7 Å². The summed E-state index contributed by atoms with van der Waals surface area (Å²) >= 11 is 0. The minimum absolute atomic E-state index is 0.0776. The molecular weight excluding hydrogens is 236 g/mol. The molecule has 0 saturated carbocycles. The second kappa shape index (κ2) is 6.54. The minimum atomic E-state index is -1.04. The van der Waals surface area contributed by atoms with Crippen molar-refractivity contribution >= 4 is 12.0 Å². The van der Waals surface area contributed by atoms with Crippen molar-refractivity contribution in [2.75, 3.05) is 13.2 Å². The lowest BCUT2D eigenvalue weighted by atomic mass is 10.1. The zero-order chi connectivity index (χ0) is 13.5. The van der Waals surface area contributed by atoms with Crippen LogP contribution in [0.1, 0.15) is 19.4 Å². The zero-order valence-electron chi connectivity index (χ0n) is 10.3. The molecule has 0 bridgehead atoms. The van der Waals surface area contributed by atoms with E-state index in [0.717, 1.165) is 6.08 Å². The molecule has 0 radical (unpaired) electrons. The first kappa shape index (κ1) is 13.9. The van der Waals surface area contributed by atoms with Gasteiger partial charge in [0, 0.05) is 6.08 Å². The summed E-state index contributed by atoms with van der Waals surface area (Å²) in [5.74, 6) is -0.577. The number of aliphatic carboxylic acids is 1. The first-order valence-electron chi connectivity index (χ1n) is 5.62. The fourth-order valence-electron chi connectivity index (χ4n) is 1.40. The highest BCUT2D eigenvalue weighted by Gasteiger charge is 2.11. The van der Waals surface area contributed by atoms with Crippen LogP contribution in [0.2, 0.25) is 0 Å². The van der Waals surface area contributed by atoms with E-state index >= 15 is 0 Å². The Morgan fingerprint density at radius 2 is 1.72 bits per heavy atom. The third kappa shape index (κ3) is 3.69. The number of carbonyl (C=O) groups is 1. The maximum atomic E-state index is 10.5. The van der Waals surface area contributed by atoms with Gasteiger partial charge in [-0.05, 0) is 37.6 Å². The largest absolute Gasteiger partial charge is 0.502 e. The summed E-state index contributed by atoms with van der Waals surface area (Å²) in [5, 5.41) is 18.4. The molecule has 98 valence electrons. The van der Waals surface area contributed by atoms with Crippen molar-refractivity contribution in [2.24, 2.45) is 0 Å². The minimum Gasteiger partial charge on any atom is -0.502 e. The van der Waals surface area contributed by atoms with Crippen LogP contribution in [0.5, 0.6) is 17.2 Å². The molecule has 1 aromatic rings. The van der Waals surface area contributed by atoms with Crippen LogP contribution in [0, 0.1) is 0 Å². The van der Waals surface area contributed by atoms with Gasteiger partial charge in [0.25, 0.3) is 0 Å². The number of benzene rings is 1. The van der Waals surface area contributed by atoms with Gasteiger partial charge in [-0.15, -0.1) is 0 Å². The fourth-order valence-corrected chi connectivity index (χ4v) is 1.40. The van der Waals surface area contributed by atoms with Crippen LogP contribution in [0.3, 0.4) is 0 Å². The van der Waals surface area contributed by atoms with E-state index in [2.05, 4.69) is 0 Å². The van der Waals surface area contributed by atoms with E-state index in [1.54, 1.807) is 26.0 Å². The van der Waals surface area contributed by atoms with Gasteiger partial charge in [-0.1, -0.05) is 0 Å². The van der Waals surface area contributed by atoms with E-state index in [0.29, 0.717) is 18.8 Å². The molecule has 0 aliphatic rings. The number of rotatable bonds is 6. The lowest BCUT2D eigenvalue weighted by Crippen LogP contribution is -1.97. The van der Waals surface area contributed by atoms with Gasteiger partial charge >= 0.3 is 5.97 Å². The zero-order valence-corrected chi connectivity index (χ0v) is 10.3. The SMILES string of the molecule is CCOc1cc(C=CC(=O)O)cc(OCC)c1O. The summed E-state index contributed by atoms with van der Waals surface area (Å²) in [5.41, 5.74) is 0.585. The molecule has 1 rings (SSSR count). The molecule has 0 saturated heterocycles. The van der Waals surface area contributed by atoms with Gasteiger partial charge in [-0.3, -0.25) is 0 Å². The molecular formula is C13H16O5. The van der Waals surface area contributed by atoms with Crippen molar-refractivity contribution < 1.29 is 24.5 Å². The van der Waals surface area contributed by atoms with Gasteiger partial charge in [-0.2, -0.15) is 0 Å². The molecule has 0 aliphatic carbocycles. The van der Waals surface area contributed by atoms with Crippen LogP contribution >= 0.6 is 0 Å². The standard InChI is InChI=1S/C13H16O5/c1-3-17-10-7-9(5-6-12(14)15)8-11(13(10)16)18-4-2/h5-8,16H,3-4H2,1-2H3,(H,14,15). The highest BCUT2D eigenvalue weighted by atomic mass is 16.5. The Kier molecular flexibility index (Phi) is 5.05. The molecule has 1 aromatic carbocycles. The number of carboxylic acids is 1. The number of phenolic OH excluding ortho intramolecular Hbond substituents is 1. The number of hydrogen-bond donors (Lipinski definition) is 2. The summed E-state index contributed by atoms with van der Waals surface area (Å²) in [6, 6.07) is 3.11. The van der Waals surface area contributed by atoms with Crippen LogP contribution in [-0.4, -0.2) is 29.4 Å². The summed E-state index contributed by atoms with van der Waals surface area (Å²) in [7, 11) is 0. The molecule has 0 aliphatic heterocycles. The summed E-state index contributed by atoms with van der Waals surface area (Å²) < 4.78 is 10.5. The van der Waals surface area contributed by atoms with Crippen molar-refractivity contribution in [2.45, 2.75) is 13.8 Å². The number of hydrogen-bond acceptors (Lipinski definition) is 4. The molecule has 0 unspecified atom stereocenters. The Bertz CT molecular complexity index is 424. The number of phenols is 1. The van der Waals surface area contributed by atoms with Crippen molar-refractivity contribution in [1.29, 1.82) is 0 Å². The first-order valence-corrected chi connectivity index (χ1v) is 5.62. The summed E-state index contributed by atoms with van der Waals surface area (Å²) in [6.45, 7) is 4.37. The fraction of sp³-hybridized carbons (Fsp3) is 0.308. The Balaban J connectivity index is 3.15. The normalized spacial score (nSPS) is 10.6. The van der Waals surface area contributed by atoms with Crippen LogP contribution < -0.4 is 9.47 Å². The molecule has 0 heterocycles. The van der Waals surface area contributed by atoms with Gasteiger partial charge in [0.1, 0.15) is 0 Å². The monoisotopic (exact) mass is 252 g/mol. The quantitative estimate of drug-likeness (QED) is 0.760. The topological polar surface area (TPSA) is 76.0 Å². The molecule has 0 aromatic heterocycles. The second-order valence-electron chi connectivity index (χ2n) is 3.40. The van der Waals surface area contributed by atoms with Gasteiger partial charge in [0.05, 0.1) is 13.2 Å². The highest BCUT2D eigenvalue weighted by molar-refractivity contribution is 5.85. The van der Waals surface area contributed by atoms with E-state index in [1.165, 1.54) is 6.08 Å². The van der Waals surface area contributed by atoms with Crippen LogP contribution in [-0.2, 0) is 4.79 Å². The molecule has 5 heteroatoms. The third-order valence-electron chi connectivity index (χ3n) is 2.08. The lowest BCUT2D eigenvalue weighted by Gasteiger charge is -2.12. The maximum Gasteiger partial charge on any atom is 0.328 e. The Labute approximate surface area is 105 Å². The molecule has 0 spiro atoms. The Hall–Kier alpha value is -2.17. The van der Waals surface area contributed by atoms with E-state index < -0.39 is 5.97 Å². The predicted molar refractivity (Wildman–Crippen MR) is 67.1 cm³/mol. The van der Waals surface area contributed by atoms with Gasteiger partial charge in [-0.25, -0.2) is 4.79 Å². The van der Waals surface area contributed by atoms with Crippen LogP contribution in [0.25, 0.3) is 6.08 Å². The second-order valence-corrected chi connectivity index (χ2v) is 3.40. The van der Waals surface area contributed by atoms with Crippen molar-refractivity contribution in [3.05, 3.63) is 23.8 Å². The van der Waals surface area contributed by atoms with E-state index in [4.69, 9.17) is 14.6 Å². The summed E-state index contributed by atoms with van der Waals surface area (Å²) in [6.07, 6.45) is 2.42. The lowest BCUT2D eigenvalue weighted by molar-refractivity contribution is -0.131. The van der Waals surface area contributed by atoms with Gasteiger partial charge in [0.2, 0.25) is 5.75 Å². The highest BCUT2D eigenvalue weighted by Crippen LogP contribution is 2.37. The predicted octanol–water partition coefficient (Wildman–Crippen LogP) is 2.29. The number of aromatic hydroxyl groups is 1. The molecule has 5 nitrogen and oxygen atoms in total. The molecule has 18 heavy (non-hydrogen) atoms. The van der Waals surface area contributed by atoms with E-state index in [1.807, 2.05) is 0 Å². The van der Waals surface area contributed by atoms with Crippen molar-refractivity contribution in [3.63, 3.8) is 0 Å². The molecule has 0 fully saturated rings. The Morgan fingerprint density at radius 1 is 1.22 bits per heavy atom. The number of ether oxygens (including phenoxy) is 2. The molecule has 0 atom stereocenters. The van der Waals surface area contributed by atoms with Crippen molar-refractivity contribution in [3.8, 4) is 17.2 Å². The first-order chi connectivity index (χ1) is 8.58. The average Bonchev–Trinajstić information content (AvgIpc) is 2.32. The number of carboxylic acid groups (broad SMARTS) is 1. The van der Waals surface area contributed by atoms with Crippen LogP contribution in [0.4, 0.5) is 0 Å².